The van der Waals surface area contributed by atoms with Crippen LogP contribution in [0.1, 0.15) is 36.3 Å². The number of nitrogens with one attached hydrogen (secondary N) is 2. The lowest BCUT2D eigenvalue weighted by Crippen LogP contribution is -2.52. The third-order valence-electron chi connectivity index (χ3n) is 8.42. The molecule has 2 aromatic rings. The molecule has 0 saturated carbocycles. The van der Waals surface area contributed by atoms with Crippen LogP contribution in [0, 0.1) is 17.6 Å². The zero-order valence-corrected chi connectivity index (χ0v) is 27.3. The summed E-state index contributed by atoms with van der Waals surface area (Å²) in [4.78, 5) is 39.5. The van der Waals surface area contributed by atoms with Crippen molar-refractivity contribution in [2.75, 3.05) is 51.5 Å². The van der Waals surface area contributed by atoms with Crippen LogP contribution >= 0.6 is 11.6 Å². The molecule has 2 saturated heterocycles. The molecule has 0 spiro atoms. The maximum absolute atomic E-state index is 15.4. The largest absolute Gasteiger partial charge is 0.452 e. The summed E-state index contributed by atoms with van der Waals surface area (Å²) in [6.07, 6.45) is -6.09. The zero-order valence-electron chi connectivity index (χ0n) is 26.6. The van der Waals surface area contributed by atoms with Gasteiger partial charge in [0.2, 0.25) is 0 Å². The quantitative estimate of drug-likeness (QED) is 0.279. The van der Waals surface area contributed by atoms with E-state index < -0.39 is 66.6 Å². The maximum atomic E-state index is 15.4. The molecule has 49 heavy (non-hydrogen) atoms. The summed E-state index contributed by atoms with van der Waals surface area (Å²) in [6.45, 7) is -0.697. The minimum Gasteiger partial charge on any atom is -0.452 e. The minimum atomic E-state index is -4.57. The highest BCUT2D eigenvalue weighted by Crippen LogP contribution is 2.37. The molecular formula is C32H38ClF5N4O7. The van der Waals surface area contributed by atoms with Gasteiger partial charge in [0, 0.05) is 31.2 Å². The summed E-state index contributed by atoms with van der Waals surface area (Å²) in [6, 6.07) is 6.19. The Kier molecular flexibility index (Phi) is 13.6. The molecule has 2 aliphatic heterocycles. The van der Waals surface area contributed by atoms with E-state index in [1.807, 2.05) is 0 Å². The van der Waals surface area contributed by atoms with Crippen molar-refractivity contribution in [3.63, 3.8) is 0 Å². The van der Waals surface area contributed by atoms with Crippen molar-refractivity contribution in [3.05, 3.63) is 64.2 Å². The first-order valence-electron chi connectivity index (χ1n) is 15.6. The number of hydrogen-bond acceptors (Lipinski definition) is 9. The molecule has 270 valence electrons. The first kappa shape index (κ1) is 38.2. The van der Waals surface area contributed by atoms with Crippen LogP contribution in [0.4, 0.5) is 37.2 Å². The SMILES string of the molecule is COC(=O)N(C(=O)[C@@H](N)[C@@H](c1ccc(Cl)c(F)c1)C1CCOCC1)c1cccc(F)c1CC[C@@H]1CN[C@H](COC(=O)NCC(F)(F)F)CO1. The van der Waals surface area contributed by atoms with Crippen LogP contribution in [0.3, 0.4) is 0 Å². The van der Waals surface area contributed by atoms with E-state index in [0.717, 1.165) is 7.11 Å². The van der Waals surface area contributed by atoms with Crippen molar-refractivity contribution in [1.82, 2.24) is 10.6 Å². The standard InChI is InChI=1S/C32H38ClF5N4O7/c1-46-31(45)42(29(43)28(39)27(18-9-11-47-12-10-18)19-5-8-23(33)25(35)13-19)26-4-2-3-24(34)22(26)7-6-21-14-40-20(15-48-21)16-49-30(44)41-17-32(36,37)38/h2-5,8,13,18,20-21,27-28,40H,6-7,9-12,14-17,39H2,1H3,(H,41,44)/t20-,21+,27+,28-/m0/s1. The molecule has 4 rings (SSSR count). The van der Waals surface area contributed by atoms with Gasteiger partial charge in [0.1, 0.15) is 24.8 Å². The van der Waals surface area contributed by atoms with E-state index in [1.54, 1.807) is 11.4 Å². The van der Waals surface area contributed by atoms with Crippen LogP contribution in [-0.4, -0.2) is 89.1 Å². The van der Waals surface area contributed by atoms with Crippen molar-refractivity contribution < 1.29 is 55.3 Å². The number of carbonyl (C=O) groups excluding carboxylic acids is 3. The van der Waals surface area contributed by atoms with Crippen molar-refractivity contribution in [1.29, 1.82) is 0 Å². The number of hydrogen-bond donors (Lipinski definition) is 3. The van der Waals surface area contributed by atoms with Gasteiger partial charge in [0.25, 0.3) is 5.91 Å². The van der Waals surface area contributed by atoms with E-state index in [2.05, 4.69) is 5.32 Å². The van der Waals surface area contributed by atoms with E-state index in [1.165, 1.54) is 30.3 Å². The Labute approximate surface area is 284 Å². The molecule has 0 aliphatic carbocycles. The molecule has 0 radical (unpaired) electrons. The van der Waals surface area contributed by atoms with Crippen LogP contribution in [-0.2, 0) is 30.2 Å². The van der Waals surface area contributed by atoms with Gasteiger partial charge < -0.3 is 35.3 Å². The number of ether oxygens (including phenoxy) is 4. The van der Waals surface area contributed by atoms with E-state index in [0.29, 0.717) is 36.5 Å². The number of alkyl halides is 3. The molecule has 2 aromatic carbocycles. The lowest BCUT2D eigenvalue weighted by molar-refractivity contribution is -0.124. The summed E-state index contributed by atoms with van der Waals surface area (Å²) in [5.41, 5.74) is 6.96. The molecule has 17 heteroatoms. The first-order valence-corrected chi connectivity index (χ1v) is 16.0. The number of benzene rings is 2. The number of rotatable bonds is 11. The smallest absolute Gasteiger partial charge is 0.420 e. The summed E-state index contributed by atoms with van der Waals surface area (Å²) >= 11 is 5.92. The Balaban J connectivity index is 1.47. The van der Waals surface area contributed by atoms with Gasteiger partial charge in [-0.1, -0.05) is 23.7 Å². The van der Waals surface area contributed by atoms with Gasteiger partial charge in [-0.15, -0.1) is 0 Å². The molecule has 0 aromatic heterocycles. The van der Waals surface area contributed by atoms with E-state index in [9.17, 15) is 31.9 Å². The average Bonchev–Trinajstić information content (AvgIpc) is 3.08. The molecule has 2 fully saturated rings. The topological polar surface area (TPSA) is 141 Å². The van der Waals surface area contributed by atoms with Gasteiger partial charge in [-0.2, -0.15) is 13.2 Å². The van der Waals surface area contributed by atoms with Crippen molar-refractivity contribution in [2.24, 2.45) is 11.7 Å². The summed E-state index contributed by atoms with van der Waals surface area (Å²) < 4.78 is 87.8. The molecule has 3 amide bonds. The number of anilines is 1. The number of carbonyl (C=O) groups is 3. The Bertz CT molecular complexity index is 1460. The van der Waals surface area contributed by atoms with Gasteiger partial charge in [-0.25, -0.2) is 23.3 Å². The summed E-state index contributed by atoms with van der Waals surface area (Å²) in [5, 5.41) is 4.57. The Hall–Kier alpha value is -3.57. The second kappa shape index (κ2) is 17.4. The molecular weight excluding hydrogens is 683 g/mol. The normalized spacial score (nSPS) is 19.8. The number of halogens is 6. The number of imide groups is 1. The lowest BCUT2D eigenvalue weighted by Gasteiger charge is -2.36. The fourth-order valence-corrected chi connectivity index (χ4v) is 6.06. The van der Waals surface area contributed by atoms with Gasteiger partial charge in [-0.05, 0) is 61.4 Å². The number of amides is 3. The van der Waals surface area contributed by atoms with Crippen LogP contribution in [0.15, 0.2) is 36.4 Å². The predicted molar refractivity (Wildman–Crippen MR) is 167 cm³/mol. The molecule has 2 heterocycles. The van der Waals surface area contributed by atoms with Crippen LogP contribution in [0.5, 0.6) is 0 Å². The van der Waals surface area contributed by atoms with Gasteiger partial charge in [-0.3, -0.25) is 4.79 Å². The van der Waals surface area contributed by atoms with Gasteiger partial charge in [0.05, 0.1) is 42.6 Å². The number of methoxy groups -OCH3 is 1. The minimum absolute atomic E-state index is 0.0111. The highest BCUT2D eigenvalue weighted by molar-refractivity contribution is 6.30. The van der Waals surface area contributed by atoms with Gasteiger partial charge >= 0.3 is 18.4 Å². The Morgan fingerprint density at radius 1 is 1.14 bits per heavy atom. The second-order valence-electron chi connectivity index (χ2n) is 11.7. The monoisotopic (exact) mass is 720 g/mol. The predicted octanol–water partition coefficient (Wildman–Crippen LogP) is 4.83. The lowest BCUT2D eigenvalue weighted by atomic mass is 9.76. The first-order chi connectivity index (χ1) is 23.3. The van der Waals surface area contributed by atoms with Crippen LogP contribution in [0.2, 0.25) is 5.02 Å². The third-order valence-corrected chi connectivity index (χ3v) is 8.73. The van der Waals surface area contributed by atoms with Crippen LogP contribution < -0.4 is 21.3 Å². The number of morpholine rings is 1. The Morgan fingerprint density at radius 2 is 1.88 bits per heavy atom. The summed E-state index contributed by atoms with van der Waals surface area (Å²) in [5.74, 6) is -3.24. The van der Waals surface area contributed by atoms with Crippen molar-refractivity contribution in [2.45, 2.75) is 56.0 Å². The average molecular weight is 721 g/mol. The number of nitrogens with zero attached hydrogens (tertiary/aromatic N) is 1. The molecule has 2 aliphatic rings. The Morgan fingerprint density at radius 3 is 2.51 bits per heavy atom. The number of nitrogens with two attached hydrogens (primary N) is 1. The highest BCUT2D eigenvalue weighted by Gasteiger charge is 2.40. The molecule has 11 nitrogen and oxygen atoms in total. The second-order valence-corrected chi connectivity index (χ2v) is 12.1. The maximum Gasteiger partial charge on any atom is 0.420 e. The zero-order chi connectivity index (χ0) is 35.7. The number of alkyl carbamates (subject to hydrolysis) is 1. The fraction of sp³-hybridized carbons (Fsp3) is 0.531. The molecule has 0 bridgehead atoms. The molecule has 0 unspecified atom stereocenters. The van der Waals surface area contributed by atoms with E-state index >= 15 is 4.39 Å². The fourth-order valence-electron chi connectivity index (χ4n) is 5.94. The highest BCUT2D eigenvalue weighted by atomic mass is 35.5. The molecule has 4 atom stereocenters. The van der Waals surface area contributed by atoms with Crippen molar-refractivity contribution >= 4 is 35.4 Å². The van der Waals surface area contributed by atoms with Crippen LogP contribution in [0.25, 0.3) is 0 Å². The van der Waals surface area contributed by atoms with E-state index in [4.69, 9.17) is 36.3 Å². The molecule has 4 N–H and O–H groups in total. The third kappa shape index (κ3) is 10.5. The van der Waals surface area contributed by atoms with E-state index in [-0.39, 0.29) is 54.8 Å². The van der Waals surface area contributed by atoms with Gasteiger partial charge in [0.15, 0.2) is 0 Å². The van der Waals surface area contributed by atoms with Crippen molar-refractivity contribution in [3.8, 4) is 0 Å². The summed E-state index contributed by atoms with van der Waals surface area (Å²) in [7, 11) is 1.07.